The van der Waals surface area contributed by atoms with E-state index in [1.54, 1.807) is 24.3 Å². The number of quaternary nitrogens is 1. The van der Waals surface area contributed by atoms with Gasteiger partial charge in [0.25, 0.3) is 9.70 Å². The van der Waals surface area contributed by atoms with Crippen LogP contribution in [-0.2, 0) is 0 Å². The number of alkyl halides is 3. The molecule has 1 aliphatic rings. The maximum Gasteiger partial charge on any atom is 0.262 e. The van der Waals surface area contributed by atoms with E-state index >= 15 is 0 Å². The van der Waals surface area contributed by atoms with Crippen LogP contribution in [0.2, 0.25) is 5.02 Å². The topological polar surface area (TPSA) is 33.5 Å². The van der Waals surface area contributed by atoms with Gasteiger partial charge in [-0.2, -0.15) is 0 Å². The summed E-state index contributed by atoms with van der Waals surface area (Å²) in [5, 5.41) is 3.45. The molecule has 1 saturated heterocycles. The minimum absolute atomic E-state index is 0.260. The molecule has 0 bridgehead atoms. The Bertz CT molecular complexity index is 493. The van der Waals surface area contributed by atoms with Crippen molar-refractivity contribution in [1.82, 2.24) is 5.32 Å². The predicted octanol–water partition coefficient (Wildman–Crippen LogP) is 3.23. The number of carbonyl (C=O) groups excluding carboxylic acids is 1. The summed E-state index contributed by atoms with van der Waals surface area (Å²) in [5.41, 5.74) is 0.498. The van der Waals surface area contributed by atoms with Gasteiger partial charge in [0.05, 0.1) is 13.1 Å². The molecule has 7 heteroatoms. The van der Waals surface area contributed by atoms with E-state index in [0.717, 1.165) is 30.8 Å². The fraction of sp³-hybridized carbons (Fsp3) is 0.533. The van der Waals surface area contributed by atoms with E-state index in [1.807, 2.05) is 0 Å². The first kappa shape index (κ1) is 18.2. The van der Waals surface area contributed by atoms with Crippen LogP contribution in [-0.4, -0.2) is 29.0 Å². The van der Waals surface area contributed by atoms with Crippen molar-refractivity contribution in [2.45, 2.75) is 35.6 Å². The normalized spacial score (nSPS) is 18.5. The summed E-state index contributed by atoms with van der Waals surface area (Å²) in [6.07, 6.45) is 3.94. The number of benzene rings is 1. The van der Waals surface area contributed by atoms with Crippen LogP contribution < -0.4 is 10.2 Å². The van der Waals surface area contributed by atoms with E-state index in [1.165, 1.54) is 12.8 Å². The van der Waals surface area contributed by atoms with Gasteiger partial charge in [-0.15, -0.1) is 0 Å². The van der Waals surface area contributed by atoms with Crippen molar-refractivity contribution in [3.8, 4) is 0 Å². The van der Waals surface area contributed by atoms with Gasteiger partial charge >= 0.3 is 0 Å². The van der Waals surface area contributed by atoms with Crippen LogP contribution in [0.25, 0.3) is 0 Å². The van der Waals surface area contributed by atoms with Crippen molar-refractivity contribution in [3.63, 3.8) is 0 Å². The Morgan fingerprint density at radius 2 is 1.59 bits per heavy atom. The molecular weight excluding hydrogens is 366 g/mol. The van der Waals surface area contributed by atoms with Gasteiger partial charge in [0.1, 0.15) is 0 Å². The van der Waals surface area contributed by atoms with E-state index in [4.69, 9.17) is 46.4 Å². The Morgan fingerprint density at radius 3 is 2.09 bits per heavy atom. The van der Waals surface area contributed by atoms with Crippen molar-refractivity contribution in [1.29, 1.82) is 0 Å². The van der Waals surface area contributed by atoms with E-state index < -0.39 is 9.96 Å². The number of rotatable bonds is 3. The second kappa shape index (κ2) is 8.07. The Morgan fingerprint density at radius 1 is 1.05 bits per heavy atom. The zero-order valence-electron chi connectivity index (χ0n) is 12.0. The summed E-state index contributed by atoms with van der Waals surface area (Å²) in [6, 6.07) is 6.65. The van der Waals surface area contributed by atoms with E-state index in [0.29, 0.717) is 10.6 Å². The number of hydrogen-bond donors (Lipinski definition) is 2. The van der Waals surface area contributed by atoms with Gasteiger partial charge in [-0.25, -0.2) is 0 Å². The zero-order chi connectivity index (χ0) is 16.2. The summed E-state index contributed by atoms with van der Waals surface area (Å²) in [5.74, 6) is -0.260. The molecule has 1 fully saturated rings. The Labute approximate surface area is 150 Å². The van der Waals surface area contributed by atoms with Gasteiger partial charge in [-0.05, 0) is 49.9 Å². The number of carbonyl (C=O) groups is 1. The molecule has 0 radical (unpaired) electrons. The number of nitrogens with one attached hydrogen (secondary N) is 2. The lowest BCUT2D eigenvalue weighted by atomic mass is 10.2. The van der Waals surface area contributed by atoms with Crippen LogP contribution in [0.4, 0.5) is 0 Å². The van der Waals surface area contributed by atoms with E-state index in [2.05, 4.69) is 5.32 Å². The van der Waals surface area contributed by atoms with Crippen molar-refractivity contribution in [2.75, 3.05) is 13.1 Å². The van der Waals surface area contributed by atoms with Crippen LogP contribution in [0.3, 0.4) is 0 Å². The highest BCUT2D eigenvalue weighted by atomic mass is 35.6. The molecule has 0 saturated carbocycles. The third kappa shape index (κ3) is 5.17. The lowest BCUT2D eigenvalue weighted by molar-refractivity contribution is -0.926. The first-order chi connectivity index (χ1) is 10.4. The van der Waals surface area contributed by atoms with Crippen molar-refractivity contribution in [2.24, 2.45) is 0 Å². The minimum atomic E-state index is -1.55. The van der Waals surface area contributed by atoms with E-state index in [-0.39, 0.29) is 5.91 Å². The van der Waals surface area contributed by atoms with Gasteiger partial charge in [-0.1, -0.05) is 46.4 Å². The summed E-state index contributed by atoms with van der Waals surface area (Å²) in [4.78, 5) is 13.5. The number of halogens is 4. The van der Waals surface area contributed by atoms with Crippen molar-refractivity contribution >= 4 is 52.3 Å². The first-order valence-electron chi connectivity index (χ1n) is 7.35. The quantitative estimate of drug-likeness (QED) is 0.770. The molecule has 1 aromatic rings. The maximum absolute atomic E-state index is 12.4. The van der Waals surface area contributed by atoms with Crippen LogP contribution in [0, 0.1) is 0 Å². The lowest BCUT2D eigenvalue weighted by Crippen LogP contribution is -3.19. The monoisotopic (exact) mass is 383 g/mol. The number of likely N-dealkylation sites (tertiary alicyclic amines) is 1. The van der Waals surface area contributed by atoms with E-state index in [9.17, 15) is 4.79 Å². The summed E-state index contributed by atoms with van der Waals surface area (Å²) in [7, 11) is 0. The van der Waals surface area contributed by atoms with Crippen LogP contribution in [0.5, 0.6) is 0 Å². The lowest BCUT2D eigenvalue weighted by Gasteiger charge is -2.32. The highest BCUT2D eigenvalue weighted by Gasteiger charge is 2.42. The molecule has 1 aliphatic heterocycles. The second-order valence-electron chi connectivity index (χ2n) is 5.53. The smallest absolute Gasteiger partial charge is 0.262 e. The van der Waals surface area contributed by atoms with Crippen molar-refractivity contribution < 1.29 is 9.69 Å². The molecule has 0 aromatic heterocycles. The third-order valence-corrected chi connectivity index (χ3v) is 4.77. The predicted molar refractivity (Wildman–Crippen MR) is 92.2 cm³/mol. The van der Waals surface area contributed by atoms with Gasteiger partial charge in [0, 0.05) is 10.6 Å². The average Bonchev–Trinajstić information content (AvgIpc) is 2.73. The number of hydrogen-bond acceptors (Lipinski definition) is 1. The molecular formula is C15H19Cl4N2O+. The van der Waals surface area contributed by atoms with Crippen molar-refractivity contribution in [3.05, 3.63) is 34.9 Å². The zero-order valence-corrected chi connectivity index (χ0v) is 15.1. The van der Waals surface area contributed by atoms with Gasteiger partial charge in [0.15, 0.2) is 0 Å². The Hall–Kier alpha value is -0.190. The largest absolute Gasteiger partial charge is 0.312 e. The summed E-state index contributed by atoms with van der Waals surface area (Å²) < 4.78 is -1.55. The number of amides is 1. The van der Waals surface area contributed by atoms with Crippen LogP contribution in [0.1, 0.15) is 36.0 Å². The first-order valence-corrected chi connectivity index (χ1v) is 8.87. The third-order valence-electron chi connectivity index (χ3n) is 3.86. The maximum atomic E-state index is 12.4. The molecule has 0 unspecified atom stereocenters. The fourth-order valence-corrected chi connectivity index (χ4v) is 3.45. The highest BCUT2D eigenvalue weighted by molar-refractivity contribution is 6.68. The summed E-state index contributed by atoms with van der Waals surface area (Å²) in [6.45, 7) is 1.78. The standard InChI is InChI=1S/C15H18Cl4N2O/c16-12-7-5-11(6-8-12)13(22)20-14(15(17,18)19)21-9-3-1-2-4-10-21/h5-8,14H,1-4,9-10H2,(H,20,22)/p+1/t14-/m1/s1. The fourth-order valence-electron chi connectivity index (χ4n) is 2.70. The molecule has 0 spiro atoms. The molecule has 1 amide bonds. The van der Waals surface area contributed by atoms with Gasteiger partial charge < -0.3 is 4.90 Å². The van der Waals surface area contributed by atoms with Gasteiger partial charge in [-0.3, -0.25) is 10.1 Å². The van der Waals surface area contributed by atoms with Crippen LogP contribution >= 0.6 is 46.4 Å². The SMILES string of the molecule is O=C(N[C@H]([NH+]1CCCCCC1)C(Cl)(Cl)Cl)c1ccc(Cl)cc1. The molecule has 1 heterocycles. The highest BCUT2D eigenvalue weighted by Crippen LogP contribution is 2.28. The second-order valence-corrected chi connectivity index (χ2v) is 8.33. The molecule has 22 heavy (non-hydrogen) atoms. The average molecular weight is 385 g/mol. The Balaban J connectivity index is 2.12. The molecule has 0 aliphatic carbocycles. The van der Waals surface area contributed by atoms with Crippen LogP contribution in [0.15, 0.2) is 24.3 Å². The molecule has 122 valence electrons. The molecule has 1 aromatic carbocycles. The molecule has 2 rings (SSSR count). The Kier molecular flexibility index (Phi) is 6.66. The minimum Gasteiger partial charge on any atom is -0.312 e. The molecule has 1 atom stereocenters. The van der Waals surface area contributed by atoms with Gasteiger partial charge in [0.2, 0.25) is 6.17 Å². The summed E-state index contributed by atoms with van der Waals surface area (Å²) >= 11 is 24.2. The molecule has 3 nitrogen and oxygen atoms in total. The molecule has 2 N–H and O–H groups in total.